The summed E-state index contributed by atoms with van der Waals surface area (Å²) in [7, 11) is 1.57. The smallest absolute Gasteiger partial charge is 0.465 e. The van der Waals surface area contributed by atoms with E-state index in [4.69, 9.17) is 28.4 Å². The Morgan fingerprint density at radius 2 is 1.15 bits per heavy atom. The lowest BCUT2D eigenvalue weighted by Gasteiger charge is -2.17. The highest BCUT2D eigenvalue weighted by Crippen LogP contribution is 2.33. The van der Waals surface area contributed by atoms with Crippen LogP contribution in [0.15, 0.2) is 37.7 Å². The lowest BCUT2D eigenvalue weighted by atomic mass is 9.91. The van der Waals surface area contributed by atoms with Gasteiger partial charge in [-0.2, -0.15) is 0 Å². The molecule has 0 aliphatic carbocycles. The molecule has 0 aromatic carbocycles. The van der Waals surface area contributed by atoms with Crippen molar-refractivity contribution in [3.05, 3.63) is 46.2 Å². The van der Waals surface area contributed by atoms with Crippen molar-refractivity contribution in [1.82, 2.24) is 0 Å². The van der Waals surface area contributed by atoms with Gasteiger partial charge in [0.2, 0.25) is 0 Å². The van der Waals surface area contributed by atoms with Gasteiger partial charge in [-0.1, -0.05) is 27.7 Å². The lowest BCUT2D eigenvalue weighted by Crippen LogP contribution is -2.24. The van der Waals surface area contributed by atoms with Gasteiger partial charge in [-0.05, 0) is 94.6 Å². The van der Waals surface area contributed by atoms with Crippen molar-refractivity contribution in [2.45, 2.75) is 123 Å². The lowest BCUT2D eigenvalue weighted by molar-refractivity contribution is -0.155. The molecular formula is C36H62O12. The Balaban J connectivity index is 0. The molecule has 0 spiro atoms. The molecule has 1 aliphatic rings. The first-order valence-corrected chi connectivity index (χ1v) is 16.0. The maximum Gasteiger partial charge on any atom is 0.519 e. The molecule has 0 amide bonds. The van der Waals surface area contributed by atoms with Crippen molar-refractivity contribution in [3.63, 3.8) is 0 Å². The van der Waals surface area contributed by atoms with Crippen molar-refractivity contribution in [2.24, 2.45) is 21.7 Å². The minimum absolute atomic E-state index is 0.0757. The molecule has 1 aromatic heterocycles. The summed E-state index contributed by atoms with van der Waals surface area (Å²) < 4.78 is 39.3. The Morgan fingerprint density at radius 3 is 1.48 bits per heavy atom. The second-order valence-corrected chi connectivity index (χ2v) is 15.3. The Kier molecular flexibility index (Phi) is 20.1. The van der Waals surface area contributed by atoms with Crippen LogP contribution in [0.2, 0.25) is 0 Å². The summed E-state index contributed by atoms with van der Waals surface area (Å²) in [5.41, 5.74) is -1.11. The minimum Gasteiger partial charge on any atom is -0.465 e. The summed E-state index contributed by atoms with van der Waals surface area (Å²) in [6.07, 6.45) is 1.78. The minimum atomic E-state index is -0.783. The van der Waals surface area contributed by atoms with Crippen LogP contribution < -0.4 is 5.82 Å². The second kappa shape index (κ2) is 20.7. The van der Waals surface area contributed by atoms with Crippen LogP contribution in [-0.2, 0) is 49.4 Å². The van der Waals surface area contributed by atoms with E-state index in [1.165, 1.54) is 0 Å². The Bertz CT molecular complexity index is 1240. The van der Waals surface area contributed by atoms with Gasteiger partial charge in [-0.3, -0.25) is 14.4 Å². The van der Waals surface area contributed by atoms with Crippen LogP contribution >= 0.6 is 0 Å². The molecule has 0 radical (unpaired) electrons. The molecule has 12 heteroatoms. The van der Waals surface area contributed by atoms with Gasteiger partial charge in [-0.25, -0.2) is 4.79 Å². The van der Waals surface area contributed by atoms with Crippen LogP contribution in [0.25, 0.3) is 0 Å². The highest BCUT2D eigenvalue weighted by atomic mass is 16.7. The molecule has 2 rings (SSSR count). The van der Waals surface area contributed by atoms with Crippen LogP contribution in [-0.4, -0.2) is 44.8 Å². The first kappa shape index (κ1) is 46.6. The SMILES string of the molecule is C=C1OC(C)=C(CC(C)(C)C)O1.CCCOC(=O)C(C)(C)C.COCCOC(=O)C(C)(C)C.Cc1oc(=O)oc1COC(=O)C(C)(C)C. The number of esters is 3. The topological polar surface area (TPSA) is 150 Å². The molecule has 0 fully saturated rings. The number of hydrogen-bond donors (Lipinski definition) is 0. The fraction of sp³-hybridized carbons (Fsp3) is 0.722. The zero-order chi connectivity index (χ0) is 38.1. The Morgan fingerprint density at radius 1 is 0.688 bits per heavy atom. The van der Waals surface area contributed by atoms with E-state index in [1.807, 2.05) is 55.4 Å². The van der Waals surface area contributed by atoms with Crippen LogP contribution in [0.3, 0.4) is 0 Å². The maximum atomic E-state index is 11.4. The zero-order valence-electron chi connectivity index (χ0n) is 32.3. The van der Waals surface area contributed by atoms with Crippen molar-refractivity contribution in [2.75, 3.05) is 26.9 Å². The summed E-state index contributed by atoms with van der Waals surface area (Å²) in [4.78, 5) is 44.1. The number of carbonyl (C=O) groups is 3. The van der Waals surface area contributed by atoms with Crippen molar-refractivity contribution in [1.29, 1.82) is 0 Å². The largest absolute Gasteiger partial charge is 0.519 e. The van der Waals surface area contributed by atoms with Gasteiger partial charge < -0.3 is 37.3 Å². The number of allylic oxidation sites excluding steroid dienone is 2. The molecule has 0 atom stereocenters. The number of ether oxygens (including phenoxy) is 6. The van der Waals surface area contributed by atoms with E-state index in [1.54, 1.807) is 34.8 Å². The van der Waals surface area contributed by atoms with Crippen LogP contribution in [0.1, 0.15) is 121 Å². The quantitative estimate of drug-likeness (QED) is 0.148. The average molecular weight is 687 g/mol. The third-order valence-electron chi connectivity index (χ3n) is 5.55. The standard InChI is InChI=1S/C10H14O5.C10H16O2.C8H16O3.C8H16O2/c1-6-7(15-9(12)14-6)5-13-8(11)10(2,3)4;1-7-9(6-10(3,4)5)12-8(2)11-7;1-8(2,3)7(9)11-6-5-10-4;1-5-6-10-7(9)8(2,3)4/h5H2,1-4H3;2,6H2,1,3-5H3;5-6H2,1-4H3;5-6H2,1-4H3. The number of rotatable bonds is 8. The Labute approximate surface area is 287 Å². The molecule has 0 N–H and O–H groups in total. The molecular weight excluding hydrogens is 624 g/mol. The summed E-state index contributed by atoms with van der Waals surface area (Å²) in [6, 6.07) is 0. The van der Waals surface area contributed by atoms with Gasteiger partial charge in [-0.15, -0.1) is 0 Å². The van der Waals surface area contributed by atoms with E-state index < -0.39 is 16.7 Å². The molecule has 12 nitrogen and oxygen atoms in total. The molecule has 0 saturated carbocycles. The predicted molar refractivity (Wildman–Crippen MR) is 182 cm³/mol. The predicted octanol–water partition coefficient (Wildman–Crippen LogP) is 8.01. The zero-order valence-corrected chi connectivity index (χ0v) is 32.3. The van der Waals surface area contributed by atoms with Crippen molar-refractivity contribution >= 4 is 17.9 Å². The fourth-order valence-corrected chi connectivity index (χ4v) is 2.80. The van der Waals surface area contributed by atoms with Gasteiger partial charge in [0.05, 0.1) is 29.5 Å². The van der Waals surface area contributed by atoms with Crippen molar-refractivity contribution < 1.29 is 51.6 Å². The van der Waals surface area contributed by atoms with Gasteiger partial charge in [0.1, 0.15) is 18.1 Å². The molecule has 278 valence electrons. The summed E-state index contributed by atoms with van der Waals surface area (Å²) >= 11 is 0. The third-order valence-corrected chi connectivity index (χ3v) is 5.55. The van der Waals surface area contributed by atoms with Crippen LogP contribution in [0.5, 0.6) is 0 Å². The first-order valence-electron chi connectivity index (χ1n) is 16.0. The van der Waals surface area contributed by atoms with E-state index in [9.17, 15) is 19.2 Å². The van der Waals surface area contributed by atoms with Crippen molar-refractivity contribution in [3.8, 4) is 0 Å². The van der Waals surface area contributed by atoms with Gasteiger partial charge >= 0.3 is 23.7 Å². The summed E-state index contributed by atoms with van der Waals surface area (Å²) in [6.45, 7) is 33.1. The number of hydrogen-bond acceptors (Lipinski definition) is 12. The Hall–Kier alpha value is -3.54. The normalized spacial score (nSPS) is 13.0. The summed E-state index contributed by atoms with van der Waals surface area (Å²) in [5.74, 6) is 1.29. The molecule has 2 heterocycles. The summed E-state index contributed by atoms with van der Waals surface area (Å²) in [5, 5.41) is 0. The molecule has 0 unspecified atom stereocenters. The van der Waals surface area contributed by atoms with E-state index in [-0.39, 0.29) is 41.1 Å². The molecule has 0 saturated heterocycles. The third kappa shape index (κ3) is 22.1. The second-order valence-electron chi connectivity index (χ2n) is 15.3. The monoisotopic (exact) mass is 686 g/mol. The first-order chi connectivity index (χ1) is 21.6. The highest BCUT2D eigenvalue weighted by Gasteiger charge is 2.25. The number of methoxy groups -OCH3 is 1. The highest BCUT2D eigenvalue weighted by molar-refractivity contribution is 5.76. The molecule has 48 heavy (non-hydrogen) atoms. The van der Waals surface area contributed by atoms with Gasteiger partial charge in [0.15, 0.2) is 18.1 Å². The van der Waals surface area contributed by atoms with E-state index in [2.05, 4.69) is 36.2 Å². The van der Waals surface area contributed by atoms with Gasteiger partial charge in [0.25, 0.3) is 5.95 Å². The van der Waals surface area contributed by atoms with E-state index in [0.717, 1.165) is 24.4 Å². The number of carbonyl (C=O) groups excluding carboxylic acids is 3. The van der Waals surface area contributed by atoms with Crippen LogP contribution in [0, 0.1) is 28.6 Å². The maximum absolute atomic E-state index is 11.4. The van der Waals surface area contributed by atoms with E-state index >= 15 is 0 Å². The average Bonchev–Trinajstić information content (AvgIpc) is 3.41. The van der Waals surface area contributed by atoms with Crippen LogP contribution in [0.4, 0.5) is 0 Å². The van der Waals surface area contributed by atoms with Gasteiger partial charge in [0, 0.05) is 13.5 Å². The molecule has 0 bridgehead atoms. The fourth-order valence-electron chi connectivity index (χ4n) is 2.80. The van der Waals surface area contributed by atoms with E-state index in [0.29, 0.717) is 31.5 Å². The molecule has 1 aromatic rings. The number of aryl methyl sites for hydroxylation is 1. The molecule has 1 aliphatic heterocycles.